The zero-order valence-electron chi connectivity index (χ0n) is 17.6. The number of allylic oxidation sites excluding steroid dienone is 3. The van der Waals surface area contributed by atoms with Crippen molar-refractivity contribution in [2.45, 2.75) is 97.3 Å². The Morgan fingerprint density at radius 3 is 2.12 bits per heavy atom. The highest BCUT2D eigenvalue weighted by atomic mass is 28.4. The van der Waals surface area contributed by atoms with Crippen LogP contribution in [-0.4, -0.2) is 22.5 Å². The summed E-state index contributed by atoms with van der Waals surface area (Å²) in [5.41, 5.74) is 3.35. The minimum Gasteiger partial charge on any atom is -0.411 e. The van der Waals surface area contributed by atoms with Crippen molar-refractivity contribution in [2.24, 2.45) is 0 Å². The van der Waals surface area contributed by atoms with E-state index in [-0.39, 0.29) is 11.1 Å². The first kappa shape index (κ1) is 23.4. The fraction of sp³-hybridized carbons (Fsp3) is 0.714. The van der Waals surface area contributed by atoms with E-state index in [2.05, 4.69) is 90.1 Å². The van der Waals surface area contributed by atoms with Crippen molar-refractivity contribution in [2.75, 3.05) is 0 Å². The minimum absolute atomic E-state index is 0.229. The molecule has 0 aliphatic rings. The van der Waals surface area contributed by atoms with Crippen LogP contribution in [0.25, 0.3) is 0 Å². The molecule has 0 spiro atoms. The van der Waals surface area contributed by atoms with Crippen LogP contribution in [0.15, 0.2) is 24.3 Å². The summed E-state index contributed by atoms with van der Waals surface area (Å²) in [6.45, 7) is 20.6. The van der Waals surface area contributed by atoms with Gasteiger partial charge in [0.2, 0.25) is 0 Å². The van der Waals surface area contributed by atoms with Gasteiger partial charge >= 0.3 is 0 Å². The van der Waals surface area contributed by atoms with Crippen molar-refractivity contribution in [3.63, 3.8) is 0 Å². The Kier molecular flexibility index (Phi) is 10.2. The first-order valence-electron chi connectivity index (χ1n) is 9.43. The molecule has 0 aromatic rings. The minimum atomic E-state index is -1.73. The summed E-state index contributed by atoms with van der Waals surface area (Å²) in [4.78, 5) is 0. The SMILES string of the molecule is CCCCCC(/C=C/C=C\C#C[Si](C)(C)C)O[Si](C)(C)C(C)(C)C. The molecule has 0 amide bonds. The van der Waals surface area contributed by atoms with Gasteiger partial charge in [0.15, 0.2) is 8.32 Å². The largest absolute Gasteiger partial charge is 0.411 e. The second-order valence-electron chi connectivity index (χ2n) is 9.18. The van der Waals surface area contributed by atoms with E-state index in [9.17, 15) is 0 Å². The molecular weight excluding hydrogens is 324 g/mol. The zero-order chi connectivity index (χ0) is 18.9. The van der Waals surface area contributed by atoms with Gasteiger partial charge in [-0.2, -0.15) is 0 Å². The first-order valence-corrected chi connectivity index (χ1v) is 15.8. The molecule has 3 heteroatoms. The van der Waals surface area contributed by atoms with Gasteiger partial charge in [0, 0.05) is 0 Å². The third kappa shape index (κ3) is 11.1. The van der Waals surface area contributed by atoms with E-state index >= 15 is 0 Å². The highest BCUT2D eigenvalue weighted by molar-refractivity contribution is 6.83. The molecule has 0 aromatic heterocycles. The van der Waals surface area contributed by atoms with Crippen molar-refractivity contribution >= 4 is 16.4 Å². The Morgan fingerprint density at radius 2 is 1.62 bits per heavy atom. The van der Waals surface area contributed by atoms with Gasteiger partial charge in [-0.05, 0) is 30.6 Å². The van der Waals surface area contributed by atoms with Crippen LogP contribution in [0.1, 0.15) is 53.4 Å². The number of unbranched alkanes of at least 4 members (excludes halogenated alkanes) is 2. The summed E-state index contributed by atoms with van der Waals surface area (Å²) in [5, 5.41) is 0.252. The lowest BCUT2D eigenvalue weighted by molar-refractivity contribution is 0.211. The van der Waals surface area contributed by atoms with E-state index in [1.54, 1.807) is 0 Å². The quantitative estimate of drug-likeness (QED) is 0.196. The van der Waals surface area contributed by atoms with E-state index in [0.717, 1.165) is 6.42 Å². The molecule has 1 atom stereocenters. The van der Waals surface area contributed by atoms with Crippen LogP contribution in [0.5, 0.6) is 0 Å². The van der Waals surface area contributed by atoms with Gasteiger partial charge in [0.25, 0.3) is 0 Å². The molecule has 0 bridgehead atoms. The van der Waals surface area contributed by atoms with Crippen LogP contribution in [0.2, 0.25) is 37.8 Å². The molecule has 0 N–H and O–H groups in total. The predicted molar refractivity (Wildman–Crippen MR) is 116 cm³/mol. The predicted octanol–water partition coefficient (Wildman–Crippen LogP) is 6.95. The molecule has 0 radical (unpaired) electrons. The first-order chi connectivity index (χ1) is 10.9. The van der Waals surface area contributed by atoms with Gasteiger partial charge in [-0.15, -0.1) is 5.54 Å². The highest BCUT2D eigenvalue weighted by Gasteiger charge is 2.38. The van der Waals surface area contributed by atoms with Crippen LogP contribution < -0.4 is 0 Å². The number of rotatable bonds is 8. The second kappa shape index (κ2) is 10.4. The van der Waals surface area contributed by atoms with Gasteiger partial charge in [0.05, 0.1) is 6.10 Å². The maximum Gasteiger partial charge on any atom is 0.192 e. The molecule has 0 saturated carbocycles. The standard InChI is InChI=1S/C21H40OSi2/c1-10-11-14-17-20(22-24(8,9)21(2,3)4)18-15-12-13-16-19-23(5,6)7/h12-13,15,18,20H,10-11,14,17H2,1-9H3/b13-12-,18-15+. The highest BCUT2D eigenvalue weighted by Crippen LogP contribution is 2.37. The Morgan fingerprint density at radius 1 is 1.00 bits per heavy atom. The van der Waals surface area contributed by atoms with Gasteiger partial charge in [-0.1, -0.05) is 90.7 Å². The average molecular weight is 365 g/mol. The molecule has 0 heterocycles. The average Bonchev–Trinajstić information content (AvgIpc) is 2.39. The molecule has 1 nitrogen and oxygen atoms in total. The van der Waals surface area contributed by atoms with E-state index in [1.807, 2.05) is 6.08 Å². The molecule has 0 rings (SSSR count). The van der Waals surface area contributed by atoms with Crippen LogP contribution in [0.3, 0.4) is 0 Å². The molecule has 0 aliphatic carbocycles. The van der Waals surface area contributed by atoms with Gasteiger partial charge in [-0.3, -0.25) is 0 Å². The molecule has 24 heavy (non-hydrogen) atoms. The van der Waals surface area contributed by atoms with E-state index in [1.165, 1.54) is 19.3 Å². The summed E-state index contributed by atoms with van der Waals surface area (Å²) in [7, 11) is -3.00. The van der Waals surface area contributed by atoms with Crippen LogP contribution >= 0.6 is 0 Å². The third-order valence-electron chi connectivity index (χ3n) is 4.41. The summed E-state index contributed by atoms with van der Waals surface area (Å²) < 4.78 is 6.60. The van der Waals surface area contributed by atoms with Crippen molar-refractivity contribution < 1.29 is 4.43 Å². The topological polar surface area (TPSA) is 9.23 Å². The lowest BCUT2D eigenvalue weighted by atomic mass is 10.1. The van der Waals surface area contributed by atoms with E-state index in [4.69, 9.17) is 4.43 Å². The van der Waals surface area contributed by atoms with Crippen molar-refractivity contribution in [1.82, 2.24) is 0 Å². The van der Waals surface area contributed by atoms with E-state index < -0.39 is 16.4 Å². The summed E-state index contributed by atoms with van der Waals surface area (Å²) in [5.74, 6) is 3.17. The normalized spacial score (nSPS) is 14.9. The third-order valence-corrected chi connectivity index (χ3v) is 9.81. The number of hydrogen-bond acceptors (Lipinski definition) is 1. The Bertz CT molecular complexity index is 465. The molecule has 0 aliphatic heterocycles. The van der Waals surface area contributed by atoms with Crippen LogP contribution in [0.4, 0.5) is 0 Å². The molecule has 0 fully saturated rings. The monoisotopic (exact) mass is 364 g/mol. The molecule has 1 unspecified atom stereocenters. The van der Waals surface area contributed by atoms with Gasteiger partial charge in [0.1, 0.15) is 8.07 Å². The van der Waals surface area contributed by atoms with Crippen LogP contribution in [-0.2, 0) is 4.43 Å². The molecule has 138 valence electrons. The fourth-order valence-electron chi connectivity index (χ4n) is 1.90. The van der Waals surface area contributed by atoms with Gasteiger partial charge in [-0.25, -0.2) is 0 Å². The smallest absolute Gasteiger partial charge is 0.192 e. The Balaban J connectivity index is 4.85. The maximum atomic E-state index is 6.60. The van der Waals surface area contributed by atoms with Crippen molar-refractivity contribution in [1.29, 1.82) is 0 Å². The molecular formula is C21H40OSi2. The van der Waals surface area contributed by atoms with Crippen molar-refractivity contribution in [3.05, 3.63) is 24.3 Å². The second-order valence-corrected chi connectivity index (χ2v) is 18.7. The lowest BCUT2D eigenvalue weighted by Gasteiger charge is -2.38. The molecule has 0 saturated heterocycles. The summed E-state index contributed by atoms with van der Waals surface area (Å²) in [6, 6.07) is 0. The van der Waals surface area contributed by atoms with Crippen molar-refractivity contribution in [3.8, 4) is 11.5 Å². The molecule has 0 aromatic carbocycles. The van der Waals surface area contributed by atoms with Crippen LogP contribution in [0, 0.1) is 11.5 Å². The number of hydrogen-bond donors (Lipinski definition) is 0. The zero-order valence-corrected chi connectivity index (χ0v) is 19.6. The van der Waals surface area contributed by atoms with Gasteiger partial charge < -0.3 is 4.43 Å². The maximum absolute atomic E-state index is 6.60. The summed E-state index contributed by atoms with van der Waals surface area (Å²) >= 11 is 0. The Labute approximate surface area is 154 Å². The fourth-order valence-corrected chi connectivity index (χ4v) is 3.72. The summed E-state index contributed by atoms with van der Waals surface area (Å²) in [6.07, 6.45) is 13.5. The van der Waals surface area contributed by atoms with E-state index in [0.29, 0.717) is 0 Å². The Hall–Kier alpha value is -0.566. The lowest BCUT2D eigenvalue weighted by Crippen LogP contribution is -2.43.